The molecule has 138 valence electrons. The van der Waals surface area contributed by atoms with Gasteiger partial charge in [0.15, 0.2) is 0 Å². The zero-order valence-electron chi connectivity index (χ0n) is 14.5. The van der Waals surface area contributed by atoms with Gasteiger partial charge in [0.1, 0.15) is 17.4 Å². The lowest BCUT2D eigenvalue weighted by molar-refractivity contribution is -0.149. The second kappa shape index (κ2) is 7.75. The minimum Gasteiger partial charge on any atom is -0.467 e. The number of hydrogen-bond acceptors (Lipinski definition) is 6. The van der Waals surface area contributed by atoms with Crippen LogP contribution in [-0.4, -0.2) is 28.3 Å². The number of ether oxygens (including phenoxy) is 1. The van der Waals surface area contributed by atoms with Gasteiger partial charge >= 0.3 is 5.97 Å². The molecule has 0 saturated carbocycles. The van der Waals surface area contributed by atoms with Crippen LogP contribution in [0.5, 0.6) is 0 Å². The molecule has 1 amide bonds. The van der Waals surface area contributed by atoms with Gasteiger partial charge in [-0.1, -0.05) is 30.3 Å². The van der Waals surface area contributed by atoms with Crippen molar-refractivity contribution >= 4 is 23.2 Å². The number of benzene rings is 1. The molecular weight excluding hydrogens is 364 g/mol. The van der Waals surface area contributed by atoms with Crippen LogP contribution in [0.2, 0.25) is 0 Å². The summed E-state index contributed by atoms with van der Waals surface area (Å²) in [5.74, 6) is -0.166. The average molecular weight is 382 g/mol. The van der Waals surface area contributed by atoms with E-state index in [1.165, 1.54) is 11.3 Å². The first kappa shape index (κ1) is 17.5. The predicted octanol–water partition coefficient (Wildman–Crippen LogP) is 3.50. The Balaban J connectivity index is 1.31. The molecule has 7 heteroatoms. The van der Waals surface area contributed by atoms with E-state index < -0.39 is 5.92 Å². The zero-order chi connectivity index (χ0) is 18.6. The Labute approximate surface area is 160 Å². The van der Waals surface area contributed by atoms with Crippen LogP contribution in [0, 0.1) is 5.92 Å². The van der Waals surface area contributed by atoms with Crippen LogP contribution >= 0.6 is 11.3 Å². The van der Waals surface area contributed by atoms with Gasteiger partial charge in [-0.05, 0) is 12.1 Å². The molecule has 2 aromatic heterocycles. The van der Waals surface area contributed by atoms with Crippen LogP contribution in [0.15, 0.2) is 58.5 Å². The fraction of sp³-hybridized carbons (Fsp3) is 0.250. The first-order valence-electron chi connectivity index (χ1n) is 8.65. The highest BCUT2D eigenvalue weighted by molar-refractivity contribution is 7.13. The highest BCUT2D eigenvalue weighted by atomic mass is 32.1. The van der Waals surface area contributed by atoms with Gasteiger partial charge in [0.05, 0.1) is 24.4 Å². The molecular formula is C20H18N2O4S. The van der Waals surface area contributed by atoms with Crippen molar-refractivity contribution in [2.24, 2.45) is 5.92 Å². The number of amides is 1. The Morgan fingerprint density at radius 2 is 2.11 bits per heavy atom. The molecule has 3 heterocycles. The number of likely N-dealkylation sites (tertiary alicyclic amines) is 1. The number of rotatable bonds is 6. The van der Waals surface area contributed by atoms with E-state index in [1.807, 2.05) is 41.8 Å². The van der Waals surface area contributed by atoms with E-state index in [4.69, 9.17) is 9.15 Å². The molecule has 0 radical (unpaired) electrons. The lowest BCUT2D eigenvalue weighted by Gasteiger charge is -2.14. The number of aromatic nitrogens is 1. The number of carbonyl (C=O) groups is 2. The van der Waals surface area contributed by atoms with E-state index in [-0.39, 0.29) is 24.9 Å². The van der Waals surface area contributed by atoms with Crippen molar-refractivity contribution in [3.8, 4) is 10.6 Å². The summed E-state index contributed by atoms with van der Waals surface area (Å²) in [5, 5.41) is 2.78. The molecule has 4 rings (SSSR count). The summed E-state index contributed by atoms with van der Waals surface area (Å²) in [7, 11) is 0. The van der Waals surface area contributed by atoms with Crippen molar-refractivity contribution in [1.82, 2.24) is 9.88 Å². The number of esters is 1. The van der Waals surface area contributed by atoms with Gasteiger partial charge in [0.2, 0.25) is 5.91 Å². The molecule has 1 fully saturated rings. The topological polar surface area (TPSA) is 72.6 Å². The quantitative estimate of drug-likeness (QED) is 0.610. The minimum absolute atomic E-state index is 0.0617. The van der Waals surface area contributed by atoms with Crippen molar-refractivity contribution in [1.29, 1.82) is 0 Å². The number of thiazole rings is 1. The van der Waals surface area contributed by atoms with Gasteiger partial charge in [0.25, 0.3) is 0 Å². The molecule has 0 unspecified atom stereocenters. The maximum Gasteiger partial charge on any atom is 0.311 e. The molecule has 6 nitrogen and oxygen atoms in total. The second-order valence-electron chi connectivity index (χ2n) is 6.37. The molecule has 27 heavy (non-hydrogen) atoms. The zero-order valence-corrected chi connectivity index (χ0v) is 15.4. The van der Waals surface area contributed by atoms with Gasteiger partial charge in [-0.15, -0.1) is 11.3 Å². The fourth-order valence-electron chi connectivity index (χ4n) is 3.02. The number of nitrogens with zero attached hydrogens (tertiary/aromatic N) is 2. The fourth-order valence-corrected chi connectivity index (χ4v) is 3.83. The van der Waals surface area contributed by atoms with Crippen LogP contribution in [0.1, 0.15) is 17.9 Å². The largest absolute Gasteiger partial charge is 0.467 e. The molecule has 1 atom stereocenters. The highest BCUT2D eigenvalue weighted by Crippen LogP contribution is 2.25. The Hall–Kier alpha value is -2.93. The van der Waals surface area contributed by atoms with Crippen LogP contribution in [0.4, 0.5) is 0 Å². The number of furan rings is 1. The molecule has 0 aliphatic carbocycles. The third-order valence-electron chi connectivity index (χ3n) is 4.41. The Morgan fingerprint density at radius 3 is 2.89 bits per heavy atom. The van der Waals surface area contributed by atoms with E-state index >= 15 is 0 Å². The van der Waals surface area contributed by atoms with Crippen LogP contribution < -0.4 is 0 Å². The maximum atomic E-state index is 12.3. The molecule has 1 saturated heterocycles. The van der Waals surface area contributed by atoms with Gasteiger partial charge < -0.3 is 14.1 Å². The summed E-state index contributed by atoms with van der Waals surface area (Å²) in [4.78, 5) is 30.6. The Kier molecular flexibility index (Phi) is 5.02. The lowest BCUT2D eigenvalue weighted by atomic mass is 10.1. The molecule has 1 aromatic carbocycles. The van der Waals surface area contributed by atoms with Crippen LogP contribution in [0.25, 0.3) is 10.6 Å². The summed E-state index contributed by atoms with van der Waals surface area (Å²) in [6, 6.07) is 13.4. The Morgan fingerprint density at radius 1 is 1.26 bits per heavy atom. The summed E-state index contributed by atoms with van der Waals surface area (Å²) < 4.78 is 10.7. The third-order valence-corrected chi connectivity index (χ3v) is 5.35. The van der Waals surface area contributed by atoms with E-state index in [2.05, 4.69) is 4.98 Å². The van der Waals surface area contributed by atoms with Crippen molar-refractivity contribution in [2.75, 3.05) is 6.54 Å². The monoisotopic (exact) mass is 382 g/mol. The minimum atomic E-state index is -0.445. The molecule has 3 aromatic rings. The predicted molar refractivity (Wildman–Crippen MR) is 99.6 cm³/mol. The maximum absolute atomic E-state index is 12.3. The summed E-state index contributed by atoms with van der Waals surface area (Å²) in [6.45, 7) is 0.845. The normalized spacial score (nSPS) is 16.7. The van der Waals surface area contributed by atoms with Gasteiger partial charge in [-0.2, -0.15) is 0 Å². The SMILES string of the molecule is O=C(OCc1csc(-c2ccccc2)n1)[C@@H]1CC(=O)N(Cc2ccco2)C1. The lowest BCUT2D eigenvalue weighted by Crippen LogP contribution is -2.26. The standard InChI is InChI=1S/C20H18N2O4S/c23-18-9-15(10-22(18)11-17-7-4-8-25-17)20(24)26-12-16-13-27-19(21-16)14-5-2-1-3-6-14/h1-8,13,15H,9-12H2/t15-/m1/s1. The second-order valence-corrected chi connectivity index (χ2v) is 7.23. The van der Waals surface area contributed by atoms with Crippen molar-refractivity contribution in [2.45, 2.75) is 19.6 Å². The van der Waals surface area contributed by atoms with E-state index in [0.717, 1.165) is 10.6 Å². The molecule has 1 aliphatic rings. The van der Waals surface area contributed by atoms with Crippen molar-refractivity contribution < 1.29 is 18.7 Å². The van der Waals surface area contributed by atoms with Crippen LogP contribution in [0.3, 0.4) is 0 Å². The van der Waals surface area contributed by atoms with Crippen molar-refractivity contribution in [3.05, 3.63) is 65.6 Å². The molecule has 1 aliphatic heterocycles. The average Bonchev–Trinajstić information content (AvgIpc) is 3.43. The summed E-state index contributed by atoms with van der Waals surface area (Å²) >= 11 is 1.51. The van der Waals surface area contributed by atoms with Crippen molar-refractivity contribution in [3.63, 3.8) is 0 Å². The number of carbonyl (C=O) groups excluding carboxylic acids is 2. The Bertz CT molecular complexity index is 921. The van der Waals surface area contributed by atoms with Gasteiger partial charge in [-0.25, -0.2) is 4.98 Å². The third kappa shape index (κ3) is 4.09. The number of hydrogen-bond donors (Lipinski definition) is 0. The molecule has 0 spiro atoms. The van der Waals surface area contributed by atoms with E-state index in [1.54, 1.807) is 17.2 Å². The van der Waals surface area contributed by atoms with Gasteiger partial charge in [0, 0.05) is 23.9 Å². The molecule has 0 bridgehead atoms. The summed E-state index contributed by atoms with van der Waals surface area (Å²) in [5.41, 5.74) is 1.75. The highest BCUT2D eigenvalue weighted by Gasteiger charge is 2.35. The van der Waals surface area contributed by atoms with Gasteiger partial charge in [-0.3, -0.25) is 9.59 Å². The van der Waals surface area contributed by atoms with E-state index in [9.17, 15) is 9.59 Å². The first-order valence-corrected chi connectivity index (χ1v) is 9.53. The smallest absolute Gasteiger partial charge is 0.311 e. The van der Waals surface area contributed by atoms with E-state index in [0.29, 0.717) is 24.5 Å². The van der Waals surface area contributed by atoms with Crippen LogP contribution in [-0.2, 0) is 27.5 Å². The summed E-state index contributed by atoms with van der Waals surface area (Å²) in [6.07, 6.45) is 1.74. The first-order chi connectivity index (χ1) is 13.2. The molecule has 0 N–H and O–H groups in total.